The topological polar surface area (TPSA) is 55.1 Å². The van der Waals surface area contributed by atoms with Gasteiger partial charge in [-0.05, 0) is 20.3 Å². The summed E-state index contributed by atoms with van der Waals surface area (Å²) in [6.07, 6.45) is 5.47. The second-order valence-corrected chi connectivity index (χ2v) is 5.19. The second kappa shape index (κ2) is 6.69. The molecular formula is C12H20N2O2S. The van der Waals surface area contributed by atoms with Gasteiger partial charge in [-0.25, -0.2) is 4.98 Å². The van der Waals surface area contributed by atoms with E-state index in [2.05, 4.69) is 23.4 Å². The van der Waals surface area contributed by atoms with Gasteiger partial charge in [0, 0.05) is 12.2 Å². The lowest BCUT2D eigenvalue weighted by Crippen LogP contribution is -2.07. The maximum atomic E-state index is 10.6. The molecule has 0 amide bonds. The van der Waals surface area contributed by atoms with Gasteiger partial charge >= 0.3 is 5.97 Å². The first-order valence-corrected chi connectivity index (χ1v) is 6.93. The summed E-state index contributed by atoms with van der Waals surface area (Å²) in [5.74, 6) is -0.736. The molecule has 0 spiro atoms. The van der Waals surface area contributed by atoms with E-state index in [0.29, 0.717) is 6.04 Å². The summed E-state index contributed by atoms with van der Waals surface area (Å²) < 4.78 is 2.10. The van der Waals surface area contributed by atoms with Gasteiger partial charge < -0.3 is 9.67 Å². The molecule has 0 aliphatic rings. The standard InChI is InChI=1S/C12H20N2O2S/c1-4-5-6-10(3)14-7-9(2)13-12(14)17-8-11(15)16/h7,10H,4-6,8H2,1-3H3,(H,15,16). The molecule has 1 rings (SSSR count). The normalized spacial score (nSPS) is 12.6. The lowest BCUT2D eigenvalue weighted by atomic mass is 10.1. The van der Waals surface area contributed by atoms with E-state index in [4.69, 9.17) is 5.11 Å². The molecular weight excluding hydrogens is 236 g/mol. The molecule has 0 saturated heterocycles. The van der Waals surface area contributed by atoms with Crippen molar-refractivity contribution in [3.63, 3.8) is 0 Å². The third kappa shape index (κ3) is 4.42. The van der Waals surface area contributed by atoms with Crippen LogP contribution in [0.3, 0.4) is 0 Å². The number of carboxylic acid groups (broad SMARTS) is 1. The molecule has 4 nitrogen and oxygen atoms in total. The first-order valence-electron chi connectivity index (χ1n) is 5.94. The number of nitrogens with zero attached hydrogens (tertiary/aromatic N) is 2. The zero-order valence-corrected chi connectivity index (χ0v) is 11.5. The molecule has 17 heavy (non-hydrogen) atoms. The van der Waals surface area contributed by atoms with Crippen LogP contribution in [-0.4, -0.2) is 26.4 Å². The van der Waals surface area contributed by atoms with Crippen LogP contribution in [0.2, 0.25) is 0 Å². The fourth-order valence-electron chi connectivity index (χ4n) is 1.68. The van der Waals surface area contributed by atoms with Crippen LogP contribution in [0.4, 0.5) is 0 Å². The lowest BCUT2D eigenvalue weighted by Gasteiger charge is -2.15. The Morgan fingerprint density at radius 3 is 2.94 bits per heavy atom. The summed E-state index contributed by atoms with van der Waals surface area (Å²) in [6.45, 7) is 6.27. The number of imidazole rings is 1. The van der Waals surface area contributed by atoms with E-state index in [9.17, 15) is 4.79 Å². The third-order valence-corrected chi connectivity index (χ3v) is 3.55. The highest BCUT2D eigenvalue weighted by Gasteiger charge is 2.13. The molecule has 0 bridgehead atoms. The van der Waals surface area contributed by atoms with Crippen LogP contribution in [0, 0.1) is 6.92 Å². The fraction of sp³-hybridized carbons (Fsp3) is 0.667. The number of hydrogen-bond acceptors (Lipinski definition) is 3. The van der Waals surface area contributed by atoms with Gasteiger partial charge in [-0.1, -0.05) is 31.5 Å². The molecule has 0 radical (unpaired) electrons. The molecule has 1 heterocycles. The van der Waals surface area contributed by atoms with Crippen LogP contribution in [0.5, 0.6) is 0 Å². The largest absolute Gasteiger partial charge is 0.481 e. The van der Waals surface area contributed by atoms with E-state index in [1.165, 1.54) is 24.6 Å². The highest BCUT2D eigenvalue weighted by Crippen LogP contribution is 2.24. The Morgan fingerprint density at radius 2 is 2.35 bits per heavy atom. The van der Waals surface area contributed by atoms with E-state index in [-0.39, 0.29) is 5.75 Å². The molecule has 1 unspecified atom stereocenters. The number of aromatic nitrogens is 2. The Bertz CT molecular complexity index is 377. The lowest BCUT2D eigenvalue weighted by molar-refractivity contribution is -0.133. The van der Waals surface area contributed by atoms with Crippen molar-refractivity contribution in [2.24, 2.45) is 0 Å². The molecule has 1 aromatic rings. The summed E-state index contributed by atoms with van der Waals surface area (Å²) in [5.41, 5.74) is 0.946. The van der Waals surface area contributed by atoms with Crippen molar-refractivity contribution in [3.8, 4) is 0 Å². The van der Waals surface area contributed by atoms with Crippen LogP contribution in [0.1, 0.15) is 44.8 Å². The molecule has 0 aliphatic carbocycles. The summed E-state index contributed by atoms with van der Waals surface area (Å²) in [5, 5.41) is 9.51. The van der Waals surface area contributed by atoms with Crippen molar-refractivity contribution >= 4 is 17.7 Å². The number of aliphatic carboxylic acids is 1. The van der Waals surface area contributed by atoms with Crippen molar-refractivity contribution in [1.82, 2.24) is 9.55 Å². The molecule has 0 saturated carbocycles. The first kappa shape index (κ1) is 14.1. The smallest absolute Gasteiger partial charge is 0.313 e. The second-order valence-electron chi connectivity index (χ2n) is 4.25. The van der Waals surface area contributed by atoms with Crippen molar-refractivity contribution in [2.75, 3.05) is 5.75 Å². The fourth-order valence-corrected chi connectivity index (χ4v) is 2.52. The minimum absolute atomic E-state index is 0.0664. The van der Waals surface area contributed by atoms with E-state index in [0.717, 1.165) is 17.3 Å². The maximum absolute atomic E-state index is 10.6. The van der Waals surface area contributed by atoms with Gasteiger partial charge in [0.2, 0.25) is 0 Å². The summed E-state index contributed by atoms with van der Waals surface area (Å²) >= 11 is 1.29. The Morgan fingerprint density at radius 1 is 1.65 bits per heavy atom. The van der Waals surface area contributed by atoms with Gasteiger partial charge in [-0.3, -0.25) is 4.79 Å². The maximum Gasteiger partial charge on any atom is 0.313 e. The average molecular weight is 256 g/mol. The van der Waals surface area contributed by atoms with E-state index >= 15 is 0 Å². The molecule has 0 aliphatic heterocycles. The average Bonchev–Trinajstić information content (AvgIpc) is 2.64. The monoisotopic (exact) mass is 256 g/mol. The molecule has 1 aromatic heterocycles. The number of hydrogen-bond donors (Lipinski definition) is 1. The molecule has 1 N–H and O–H groups in total. The molecule has 0 aromatic carbocycles. The van der Waals surface area contributed by atoms with Crippen LogP contribution in [0.25, 0.3) is 0 Å². The first-order chi connectivity index (χ1) is 8.04. The van der Waals surface area contributed by atoms with Crippen LogP contribution in [0.15, 0.2) is 11.4 Å². The predicted octanol–water partition coefficient (Wildman–Crippen LogP) is 3.12. The van der Waals surface area contributed by atoms with Gasteiger partial charge in [0.25, 0.3) is 0 Å². The van der Waals surface area contributed by atoms with Crippen LogP contribution >= 0.6 is 11.8 Å². The Hall–Kier alpha value is -0.970. The van der Waals surface area contributed by atoms with Gasteiger partial charge in [-0.15, -0.1) is 0 Å². The van der Waals surface area contributed by atoms with Gasteiger partial charge in [-0.2, -0.15) is 0 Å². The molecule has 96 valence electrons. The molecule has 0 fully saturated rings. The SMILES string of the molecule is CCCCC(C)n1cc(C)nc1SCC(=O)O. The minimum atomic E-state index is -0.802. The quantitative estimate of drug-likeness (QED) is 0.762. The van der Waals surface area contributed by atoms with Gasteiger partial charge in [0.1, 0.15) is 0 Å². The van der Waals surface area contributed by atoms with E-state index < -0.39 is 5.97 Å². The number of carbonyl (C=O) groups is 1. The van der Waals surface area contributed by atoms with Crippen molar-refractivity contribution < 1.29 is 9.90 Å². The van der Waals surface area contributed by atoms with E-state index in [1.807, 2.05) is 13.1 Å². The number of aryl methyl sites for hydroxylation is 1. The van der Waals surface area contributed by atoms with Gasteiger partial charge in [0.15, 0.2) is 5.16 Å². The van der Waals surface area contributed by atoms with Crippen molar-refractivity contribution in [1.29, 1.82) is 0 Å². The number of carboxylic acids is 1. The molecule has 1 atom stereocenters. The Kier molecular flexibility index (Phi) is 5.55. The highest BCUT2D eigenvalue weighted by atomic mass is 32.2. The third-order valence-electron chi connectivity index (χ3n) is 2.59. The van der Waals surface area contributed by atoms with Crippen molar-refractivity contribution in [2.45, 2.75) is 51.2 Å². The summed E-state index contributed by atoms with van der Waals surface area (Å²) in [6, 6.07) is 0.382. The van der Waals surface area contributed by atoms with Gasteiger partial charge in [0.05, 0.1) is 11.4 Å². The van der Waals surface area contributed by atoms with E-state index in [1.54, 1.807) is 0 Å². The van der Waals surface area contributed by atoms with Crippen LogP contribution in [-0.2, 0) is 4.79 Å². The van der Waals surface area contributed by atoms with Crippen LogP contribution < -0.4 is 0 Å². The Labute approximate surface area is 106 Å². The number of rotatable bonds is 7. The predicted molar refractivity (Wildman–Crippen MR) is 69.6 cm³/mol. The Balaban J connectivity index is 2.72. The number of unbranched alkanes of at least 4 members (excludes halogenated alkanes) is 1. The highest BCUT2D eigenvalue weighted by molar-refractivity contribution is 7.99. The zero-order valence-electron chi connectivity index (χ0n) is 10.6. The minimum Gasteiger partial charge on any atom is -0.481 e. The summed E-state index contributed by atoms with van der Waals surface area (Å²) in [7, 11) is 0. The molecule has 5 heteroatoms. The number of thioether (sulfide) groups is 1. The zero-order chi connectivity index (χ0) is 12.8. The summed E-state index contributed by atoms with van der Waals surface area (Å²) in [4.78, 5) is 14.9. The van der Waals surface area contributed by atoms with Crippen molar-refractivity contribution in [3.05, 3.63) is 11.9 Å².